The Labute approximate surface area is 235 Å². The maximum Gasteiger partial charge on any atom is 0.573 e. The number of carboxylic acid groups (broad SMARTS) is 2. The first kappa shape index (κ1) is 31.9. The van der Waals surface area contributed by atoms with Crippen LogP contribution in [0, 0.1) is 5.82 Å². The summed E-state index contributed by atoms with van der Waals surface area (Å²) in [6.45, 7) is 0.0695. The fraction of sp³-hybridized carbons (Fsp3) is 0.200. The van der Waals surface area contributed by atoms with Crippen LogP contribution >= 0.6 is 11.6 Å². The number of carboxylic acids is 2. The molecule has 0 saturated carbocycles. The van der Waals surface area contributed by atoms with Gasteiger partial charge in [-0.2, -0.15) is 13.2 Å². The molecule has 0 spiro atoms. The van der Waals surface area contributed by atoms with E-state index in [1.165, 1.54) is 18.3 Å². The molecular formula is C25H16ClF7N2O7. The summed E-state index contributed by atoms with van der Waals surface area (Å²) in [7, 11) is 0. The third-order valence-corrected chi connectivity index (χ3v) is 5.90. The SMILES string of the molecule is O=C(NC1(c2ccc(OC(F)(F)F)c(F)c2)CCOc2cccnc21)c1ccc(C(=O)O)c(Cl)c1.O=C(O)C(F)(F)F. The second-order valence-corrected chi connectivity index (χ2v) is 8.71. The molecule has 42 heavy (non-hydrogen) atoms. The number of aromatic nitrogens is 1. The molecule has 2 heterocycles. The summed E-state index contributed by atoms with van der Waals surface area (Å²) in [6, 6.07) is 9.56. The molecule has 4 rings (SSSR count). The topological polar surface area (TPSA) is 135 Å². The van der Waals surface area contributed by atoms with Crippen LogP contribution in [0.2, 0.25) is 5.02 Å². The van der Waals surface area contributed by atoms with Crippen LogP contribution in [0.4, 0.5) is 30.7 Å². The van der Waals surface area contributed by atoms with E-state index in [-0.39, 0.29) is 46.2 Å². The zero-order chi connectivity index (χ0) is 31.5. The third-order valence-electron chi connectivity index (χ3n) is 5.59. The van der Waals surface area contributed by atoms with Gasteiger partial charge in [0.2, 0.25) is 0 Å². The van der Waals surface area contributed by atoms with Crippen molar-refractivity contribution in [3.8, 4) is 11.5 Å². The maximum absolute atomic E-state index is 14.7. The van der Waals surface area contributed by atoms with Gasteiger partial charge in [0, 0.05) is 18.2 Å². The number of nitrogens with zero attached hydrogens (tertiary/aromatic N) is 1. The number of carbonyl (C=O) groups excluding carboxylic acids is 1. The molecule has 1 aliphatic rings. The Balaban J connectivity index is 0.000000616. The lowest BCUT2D eigenvalue weighted by Gasteiger charge is -2.39. The van der Waals surface area contributed by atoms with Crippen molar-refractivity contribution >= 4 is 29.4 Å². The Morgan fingerprint density at radius 2 is 1.69 bits per heavy atom. The van der Waals surface area contributed by atoms with Crippen molar-refractivity contribution in [1.82, 2.24) is 10.3 Å². The van der Waals surface area contributed by atoms with E-state index in [0.717, 1.165) is 24.3 Å². The number of benzene rings is 2. The van der Waals surface area contributed by atoms with Crippen LogP contribution in [-0.2, 0) is 10.3 Å². The molecule has 1 aliphatic heterocycles. The average Bonchev–Trinajstić information content (AvgIpc) is 2.88. The van der Waals surface area contributed by atoms with Gasteiger partial charge in [-0.15, -0.1) is 13.2 Å². The first-order valence-electron chi connectivity index (χ1n) is 11.2. The third kappa shape index (κ3) is 7.37. The van der Waals surface area contributed by atoms with Crippen LogP contribution in [0.5, 0.6) is 11.5 Å². The predicted molar refractivity (Wildman–Crippen MR) is 128 cm³/mol. The summed E-state index contributed by atoms with van der Waals surface area (Å²) in [4.78, 5) is 37.6. The smallest absolute Gasteiger partial charge is 0.491 e. The van der Waals surface area contributed by atoms with Crippen molar-refractivity contribution in [2.45, 2.75) is 24.5 Å². The summed E-state index contributed by atoms with van der Waals surface area (Å²) >= 11 is 5.99. The highest BCUT2D eigenvalue weighted by Crippen LogP contribution is 2.42. The molecule has 1 aromatic heterocycles. The van der Waals surface area contributed by atoms with E-state index < -0.39 is 47.5 Å². The largest absolute Gasteiger partial charge is 0.573 e. The Kier molecular flexibility index (Phi) is 9.20. The van der Waals surface area contributed by atoms with E-state index in [2.05, 4.69) is 15.0 Å². The standard InChI is InChI=1S/C23H15ClF4N2O5.C2HF3O2/c24-15-10-12(3-5-14(15)21(32)33)20(31)30-22(7-9-34-18-2-1-8-29-19(18)22)13-4-6-17(16(25)11-13)35-23(26,27)28;3-2(4,5)1(6)7/h1-6,8,10-11H,7,9H2,(H,30,31)(H,32,33);(H,6,7). The van der Waals surface area contributed by atoms with Gasteiger partial charge in [0.25, 0.3) is 5.91 Å². The molecule has 1 amide bonds. The van der Waals surface area contributed by atoms with Crippen molar-refractivity contribution in [3.05, 3.63) is 88.0 Å². The number of fused-ring (bicyclic) bond motifs is 1. The number of carbonyl (C=O) groups is 3. The van der Waals surface area contributed by atoms with Crippen LogP contribution in [0.15, 0.2) is 54.7 Å². The lowest BCUT2D eigenvalue weighted by atomic mass is 9.81. The van der Waals surface area contributed by atoms with E-state index in [0.29, 0.717) is 0 Å². The van der Waals surface area contributed by atoms with Crippen LogP contribution < -0.4 is 14.8 Å². The highest BCUT2D eigenvalue weighted by Gasteiger charge is 2.43. The van der Waals surface area contributed by atoms with Gasteiger partial charge in [-0.1, -0.05) is 17.7 Å². The van der Waals surface area contributed by atoms with E-state index in [9.17, 15) is 40.3 Å². The number of aromatic carboxylic acids is 1. The van der Waals surface area contributed by atoms with Crippen LogP contribution in [0.1, 0.15) is 38.4 Å². The number of rotatable bonds is 5. The van der Waals surface area contributed by atoms with Crippen molar-refractivity contribution in [2.75, 3.05) is 6.61 Å². The molecule has 0 radical (unpaired) electrons. The average molecular weight is 625 g/mol. The second kappa shape index (κ2) is 12.1. The van der Waals surface area contributed by atoms with Gasteiger partial charge in [0.15, 0.2) is 11.6 Å². The molecule has 224 valence electrons. The summed E-state index contributed by atoms with van der Waals surface area (Å²) in [5.41, 5.74) is -1.41. The van der Waals surface area contributed by atoms with Gasteiger partial charge < -0.3 is 25.0 Å². The van der Waals surface area contributed by atoms with Crippen molar-refractivity contribution < 1.29 is 64.8 Å². The summed E-state index contributed by atoms with van der Waals surface area (Å²) in [5, 5.41) is 18.9. The minimum absolute atomic E-state index is 0.000782. The number of nitrogens with one attached hydrogen (secondary N) is 1. The van der Waals surface area contributed by atoms with E-state index in [1.807, 2.05) is 0 Å². The number of hydrogen-bond donors (Lipinski definition) is 3. The minimum Gasteiger partial charge on any atom is -0.491 e. The number of halogens is 8. The molecule has 0 bridgehead atoms. The first-order valence-corrected chi connectivity index (χ1v) is 11.6. The molecule has 1 atom stereocenters. The molecule has 0 fully saturated rings. The van der Waals surface area contributed by atoms with Gasteiger partial charge >= 0.3 is 24.5 Å². The summed E-state index contributed by atoms with van der Waals surface area (Å²) in [6.07, 6.45) is -8.70. The molecule has 17 heteroatoms. The number of aliphatic carboxylic acids is 1. The van der Waals surface area contributed by atoms with E-state index in [4.69, 9.17) is 31.3 Å². The zero-order valence-electron chi connectivity index (χ0n) is 20.5. The first-order chi connectivity index (χ1) is 19.4. The van der Waals surface area contributed by atoms with E-state index >= 15 is 0 Å². The van der Waals surface area contributed by atoms with Gasteiger partial charge in [-0.05, 0) is 48.0 Å². The quantitative estimate of drug-likeness (QED) is 0.314. The molecular weight excluding hydrogens is 609 g/mol. The number of ether oxygens (including phenoxy) is 2. The Morgan fingerprint density at radius 3 is 2.24 bits per heavy atom. The maximum atomic E-state index is 14.7. The summed E-state index contributed by atoms with van der Waals surface area (Å²) in [5.74, 6) is -6.80. The fourth-order valence-electron chi connectivity index (χ4n) is 3.80. The van der Waals surface area contributed by atoms with Gasteiger partial charge in [-0.3, -0.25) is 9.78 Å². The Bertz CT molecular complexity index is 1520. The molecule has 3 N–H and O–H groups in total. The predicted octanol–water partition coefficient (Wildman–Crippen LogP) is 5.56. The molecule has 3 aromatic rings. The second-order valence-electron chi connectivity index (χ2n) is 8.30. The Hall–Kier alpha value is -4.60. The normalized spacial score (nSPS) is 16.2. The van der Waals surface area contributed by atoms with Gasteiger partial charge in [0.05, 0.1) is 17.2 Å². The number of alkyl halides is 6. The van der Waals surface area contributed by atoms with E-state index in [1.54, 1.807) is 12.1 Å². The molecule has 2 aromatic carbocycles. The zero-order valence-corrected chi connectivity index (χ0v) is 21.3. The highest BCUT2D eigenvalue weighted by molar-refractivity contribution is 6.33. The van der Waals surface area contributed by atoms with Crippen LogP contribution in [-0.4, -0.2) is 52.2 Å². The van der Waals surface area contributed by atoms with Gasteiger partial charge in [-0.25, -0.2) is 14.0 Å². The lowest BCUT2D eigenvalue weighted by Crippen LogP contribution is -2.50. The Morgan fingerprint density at radius 1 is 1.02 bits per heavy atom. The minimum atomic E-state index is -5.09. The number of hydrogen-bond acceptors (Lipinski definition) is 6. The highest BCUT2D eigenvalue weighted by atomic mass is 35.5. The molecule has 9 nitrogen and oxygen atoms in total. The van der Waals surface area contributed by atoms with Crippen LogP contribution in [0.3, 0.4) is 0 Å². The molecule has 0 aliphatic carbocycles. The lowest BCUT2D eigenvalue weighted by molar-refractivity contribution is -0.275. The van der Waals surface area contributed by atoms with Crippen molar-refractivity contribution in [3.63, 3.8) is 0 Å². The monoisotopic (exact) mass is 624 g/mol. The van der Waals surface area contributed by atoms with Crippen LogP contribution in [0.25, 0.3) is 0 Å². The number of pyridine rings is 1. The number of amides is 1. The van der Waals surface area contributed by atoms with Crippen molar-refractivity contribution in [1.29, 1.82) is 0 Å². The van der Waals surface area contributed by atoms with Gasteiger partial charge in [0.1, 0.15) is 17.0 Å². The molecule has 0 saturated heterocycles. The fourth-order valence-corrected chi connectivity index (χ4v) is 4.07. The molecule has 1 unspecified atom stereocenters. The summed E-state index contributed by atoms with van der Waals surface area (Å²) < 4.78 is 93.5. The van der Waals surface area contributed by atoms with Crippen molar-refractivity contribution in [2.24, 2.45) is 0 Å².